The molecule has 2 N–H and O–H groups in total. The second-order valence-corrected chi connectivity index (χ2v) is 6.24. The van der Waals surface area contributed by atoms with Crippen molar-refractivity contribution in [2.24, 2.45) is 0 Å². The van der Waals surface area contributed by atoms with Gasteiger partial charge in [-0.2, -0.15) is 5.10 Å². The van der Waals surface area contributed by atoms with Crippen molar-refractivity contribution in [1.29, 1.82) is 0 Å². The van der Waals surface area contributed by atoms with Crippen molar-refractivity contribution in [2.45, 2.75) is 6.42 Å². The topological polar surface area (TPSA) is 85.2 Å². The Bertz CT molecular complexity index is 971. The molecule has 0 bridgehead atoms. The number of hydrogen-bond acceptors (Lipinski definition) is 4. The Hall–Kier alpha value is -3.68. The van der Waals surface area contributed by atoms with Gasteiger partial charge in [-0.05, 0) is 29.8 Å². The van der Waals surface area contributed by atoms with E-state index in [4.69, 9.17) is 4.74 Å². The van der Waals surface area contributed by atoms with E-state index in [0.717, 1.165) is 5.69 Å². The number of ether oxygens (including phenoxy) is 1. The summed E-state index contributed by atoms with van der Waals surface area (Å²) in [6.07, 6.45) is 1.78. The average Bonchev–Trinajstić information content (AvgIpc) is 3.18. The molecule has 0 spiro atoms. The van der Waals surface area contributed by atoms with Crippen LogP contribution < -0.4 is 15.4 Å². The van der Waals surface area contributed by atoms with Crippen molar-refractivity contribution < 1.29 is 18.7 Å². The molecule has 3 rings (SSSR count). The van der Waals surface area contributed by atoms with E-state index in [-0.39, 0.29) is 36.9 Å². The first-order chi connectivity index (χ1) is 14.1. The predicted molar refractivity (Wildman–Crippen MR) is 106 cm³/mol. The van der Waals surface area contributed by atoms with Crippen molar-refractivity contribution in [3.05, 3.63) is 77.9 Å². The van der Waals surface area contributed by atoms with Crippen LogP contribution in [0.2, 0.25) is 0 Å². The van der Waals surface area contributed by atoms with Crippen LogP contribution in [0.5, 0.6) is 5.75 Å². The molecule has 0 aliphatic heterocycles. The summed E-state index contributed by atoms with van der Waals surface area (Å²) < 4.78 is 19.7. The molecular weight excluding hydrogens is 375 g/mol. The van der Waals surface area contributed by atoms with E-state index in [1.165, 1.54) is 19.2 Å². The van der Waals surface area contributed by atoms with Crippen LogP contribution in [0.4, 0.5) is 4.39 Å². The molecule has 2 amide bonds. The summed E-state index contributed by atoms with van der Waals surface area (Å²) in [5.41, 5.74) is 1.68. The number of carbonyl (C=O) groups excluding carboxylic acids is 2. The number of amides is 2. The quantitative estimate of drug-likeness (QED) is 0.571. The summed E-state index contributed by atoms with van der Waals surface area (Å²) in [5, 5.41) is 9.70. The van der Waals surface area contributed by atoms with Crippen LogP contribution in [0, 0.1) is 5.82 Å². The highest BCUT2D eigenvalue weighted by molar-refractivity contribution is 5.95. The van der Waals surface area contributed by atoms with Crippen molar-refractivity contribution in [3.8, 4) is 11.4 Å². The first-order valence-electron chi connectivity index (χ1n) is 9.05. The van der Waals surface area contributed by atoms with Crippen LogP contribution in [0.1, 0.15) is 16.1 Å². The molecule has 0 aliphatic carbocycles. The molecule has 1 aromatic heterocycles. The summed E-state index contributed by atoms with van der Waals surface area (Å²) in [6, 6.07) is 15.1. The highest BCUT2D eigenvalue weighted by Gasteiger charge is 2.18. The predicted octanol–water partition coefficient (Wildman–Crippen LogP) is 2.11. The maximum atomic E-state index is 12.9. The lowest BCUT2D eigenvalue weighted by Gasteiger charge is -2.07. The number of halogens is 1. The van der Waals surface area contributed by atoms with Gasteiger partial charge < -0.3 is 15.4 Å². The summed E-state index contributed by atoms with van der Waals surface area (Å²) in [4.78, 5) is 24.3. The van der Waals surface area contributed by atoms with E-state index in [2.05, 4.69) is 15.7 Å². The van der Waals surface area contributed by atoms with E-state index in [1.54, 1.807) is 23.0 Å². The van der Waals surface area contributed by atoms with E-state index >= 15 is 0 Å². The van der Waals surface area contributed by atoms with E-state index in [0.29, 0.717) is 11.3 Å². The Kier molecular flexibility index (Phi) is 6.57. The molecule has 2 aromatic carbocycles. The molecule has 0 atom stereocenters. The van der Waals surface area contributed by atoms with Gasteiger partial charge in [0.1, 0.15) is 5.82 Å². The van der Waals surface area contributed by atoms with Crippen LogP contribution in [0.25, 0.3) is 5.69 Å². The average molecular weight is 396 g/mol. The zero-order valence-corrected chi connectivity index (χ0v) is 15.9. The number of benzene rings is 2. The van der Waals surface area contributed by atoms with E-state index in [1.807, 2.05) is 30.3 Å². The maximum absolute atomic E-state index is 12.9. The molecule has 7 nitrogen and oxygen atoms in total. The monoisotopic (exact) mass is 396 g/mol. The number of hydrogen-bond donors (Lipinski definition) is 2. The highest BCUT2D eigenvalue weighted by atomic mass is 19.1. The third-order valence-electron chi connectivity index (χ3n) is 4.15. The van der Waals surface area contributed by atoms with Gasteiger partial charge in [0.05, 0.1) is 25.4 Å². The second-order valence-electron chi connectivity index (χ2n) is 6.24. The number of rotatable bonds is 8. The van der Waals surface area contributed by atoms with Crippen molar-refractivity contribution >= 4 is 11.8 Å². The number of nitrogens with zero attached hydrogens (tertiary/aromatic N) is 2. The van der Waals surface area contributed by atoms with Gasteiger partial charge in [-0.3, -0.25) is 9.59 Å². The number of methoxy groups -OCH3 is 1. The lowest BCUT2D eigenvalue weighted by Crippen LogP contribution is -2.35. The van der Waals surface area contributed by atoms with Gasteiger partial charge in [0.25, 0.3) is 5.91 Å². The molecule has 29 heavy (non-hydrogen) atoms. The summed E-state index contributed by atoms with van der Waals surface area (Å²) in [7, 11) is 1.47. The van der Waals surface area contributed by atoms with Crippen molar-refractivity contribution in [1.82, 2.24) is 20.4 Å². The Morgan fingerprint density at radius 3 is 2.41 bits per heavy atom. The summed E-state index contributed by atoms with van der Waals surface area (Å²) in [5.74, 6) is -0.602. The lowest BCUT2D eigenvalue weighted by atomic mass is 10.1. The maximum Gasteiger partial charge on any atom is 0.275 e. The minimum absolute atomic E-state index is 0.142. The van der Waals surface area contributed by atoms with Crippen LogP contribution in [-0.2, 0) is 11.2 Å². The Labute approximate surface area is 167 Å². The van der Waals surface area contributed by atoms with Gasteiger partial charge in [0, 0.05) is 13.1 Å². The molecule has 3 aromatic rings. The SMILES string of the molecule is COc1cn(-c2ccccc2)nc1C(=O)NCCNC(=O)Cc1ccc(F)cc1. The molecule has 0 radical (unpaired) electrons. The highest BCUT2D eigenvalue weighted by Crippen LogP contribution is 2.19. The van der Waals surface area contributed by atoms with Crippen LogP contribution in [-0.4, -0.2) is 41.8 Å². The summed E-state index contributed by atoms with van der Waals surface area (Å²) >= 11 is 0. The van der Waals surface area contributed by atoms with Crippen molar-refractivity contribution in [3.63, 3.8) is 0 Å². The Balaban J connectivity index is 1.50. The van der Waals surface area contributed by atoms with Gasteiger partial charge >= 0.3 is 0 Å². The number of nitrogens with one attached hydrogen (secondary N) is 2. The Morgan fingerprint density at radius 1 is 1.03 bits per heavy atom. The fraction of sp³-hybridized carbons (Fsp3) is 0.190. The first kappa shape index (κ1) is 20.1. The van der Waals surface area contributed by atoms with Gasteiger partial charge in [-0.25, -0.2) is 9.07 Å². The van der Waals surface area contributed by atoms with Gasteiger partial charge in [0.2, 0.25) is 5.91 Å². The third-order valence-corrected chi connectivity index (χ3v) is 4.15. The lowest BCUT2D eigenvalue weighted by molar-refractivity contribution is -0.120. The normalized spacial score (nSPS) is 10.4. The zero-order chi connectivity index (χ0) is 20.6. The molecule has 0 aliphatic rings. The molecule has 1 heterocycles. The molecule has 0 unspecified atom stereocenters. The summed E-state index contributed by atoms with van der Waals surface area (Å²) in [6.45, 7) is 0.489. The number of aromatic nitrogens is 2. The minimum Gasteiger partial charge on any atom is -0.493 e. The molecule has 0 fully saturated rings. The zero-order valence-electron chi connectivity index (χ0n) is 15.9. The van der Waals surface area contributed by atoms with Crippen LogP contribution in [0.15, 0.2) is 60.8 Å². The fourth-order valence-corrected chi connectivity index (χ4v) is 2.69. The minimum atomic E-state index is -0.399. The van der Waals surface area contributed by atoms with Gasteiger partial charge in [-0.1, -0.05) is 30.3 Å². The van der Waals surface area contributed by atoms with Crippen LogP contribution in [0.3, 0.4) is 0 Å². The Morgan fingerprint density at radius 2 is 1.72 bits per heavy atom. The number of para-hydroxylation sites is 1. The first-order valence-corrected chi connectivity index (χ1v) is 9.05. The molecule has 150 valence electrons. The number of carbonyl (C=O) groups is 2. The fourth-order valence-electron chi connectivity index (χ4n) is 2.69. The largest absolute Gasteiger partial charge is 0.493 e. The molecule has 0 saturated carbocycles. The van der Waals surface area contributed by atoms with Gasteiger partial charge in [-0.15, -0.1) is 0 Å². The van der Waals surface area contributed by atoms with E-state index in [9.17, 15) is 14.0 Å². The standard InChI is InChI=1S/C21H21FN4O3/c1-29-18-14-26(17-5-3-2-4-6-17)25-20(18)21(28)24-12-11-23-19(27)13-15-7-9-16(22)10-8-15/h2-10,14H,11-13H2,1H3,(H,23,27)(H,24,28). The van der Waals surface area contributed by atoms with Gasteiger partial charge in [0.15, 0.2) is 11.4 Å². The molecule has 8 heteroatoms. The van der Waals surface area contributed by atoms with E-state index < -0.39 is 5.91 Å². The van der Waals surface area contributed by atoms with Crippen molar-refractivity contribution in [2.75, 3.05) is 20.2 Å². The second kappa shape index (κ2) is 9.50. The van der Waals surface area contributed by atoms with Crippen LogP contribution >= 0.6 is 0 Å². The molecule has 0 saturated heterocycles. The third kappa shape index (κ3) is 5.41. The smallest absolute Gasteiger partial charge is 0.275 e. The molecular formula is C21H21FN4O3.